The van der Waals surface area contributed by atoms with Crippen molar-refractivity contribution in [2.45, 2.75) is 39.8 Å². The van der Waals surface area contributed by atoms with Gasteiger partial charge >= 0.3 is 0 Å². The standard InChI is InChI=1S/C13H21N3O/c1-4-9(2)12(14)13(17)16-8-11-10(3)6-5-7-15-11/h5-7,9,12H,4,8,14H2,1-3H3,(H,16,17)/t9-,12-/m0/s1. The van der Waals surface area contributed by atoms with E-state index in [-0.39, 0.29) is 11.8 Å². The van der Waals surface area contributed by atoms with Gasteiger partial charge in [-0.25, -0.2) is 0 Å². The van der Waals surface area contributed by atoms with E-state index in [2.05, 4.69) is 10.3 Å². The number of pyridine rings is 1. The molecule has 1 heterocycles. The highest BCUT2D eigenvalue weighted by atomic mass is 16.2. The number of nitrogens with zero attached hydrogens (tertiary/aromatic N) is 1. The summed E-state index contributed by atoms with van der Waals surface area (Å²) in [6.45, 7) is 6.43. The lowest BCUT2D eigenvalue weighted by Gasteiger charge is -2.17. The molecule has 3 N–H and O–H groups in total. The summed E-state index contributed by atoms with van der Waals surface area (Å²) < 4.78 is 0. The van der Waals surface area contributed by atoms with Crippen LogP contribution in [0.25, 0.3) is 0 Å². The van der Waals surface area contributed by atoms with Gasteiger partial charge in [0.05, 0.1) is 18.3 Å². The number of nitrogens with one attached hydrogen (secondary N) is 1. The van der Waals surface area contributed by atoms with Gasteiger partial charge in [-0.05, 0) is 24.5 Å². The third-order valence-corrected chi connectivity index (χ3v) is 3.11. The highest BCUT2D eigenvalue weighted by Crippen LogP contribution is 2.06. The maximum absolute atomic E-state index is 11.8. The van der Waals surface area contributed by atoms with Gasteiger partial charge in [0, 0.05) is 6.20 Å². The van der Waals surface area contributed by atoms with E-state index < -0.39 is 6.04 Å². The van der Waals surface area contributed by atoms with Crippen LogP contribution in [0.5, 0.6) is 0 Å². The zero-order chi connectivity index (χ0) is 12.8. The van der Waals surface area contributed by atoms with E-state index >= 15 is 0 Å². The van der Waals surface area contributed by atoms with Crippen molar-refractivity contribution >= 4 is 5.91 Å². The molecule has 0 radical (unpaired) electrons. The number of amides is 1. The minimum Gasteiger partial charge on any atom is -0.349 e. The topological polar surface area (TPSA) is 68.0 Å². The van der Waals surface area contributed by atoms with Gasteiger partial charge in [-0.15, -0.1) is 0 Å². The van der Waals surface area contributed by atoms with E-state index in [0.717, 1.165) is 17.7 Å². The number of carbonyl (C=O) groups excluding carboxylic acids is 1. The normalized spacial score (nSPS) is 14.1. The molecule has 1 amide bonds. The Balaban J connectivity index is 2.51. The second-order valence-electron chi connectivity index (χ2n) is 4.40. The summed E-state index contributed by atoms with van der Waals surface area (Å²) >= 11 is 0. The van der Waals surface area contributed by atoms with E-state index in [1.807, 2.05) is 32.9 Å². The fourth-order valence-corrected chi connectivity index (χ4v) is 1.50. The van der Waals surface area contributed by atoms with Gasteiger partial charge in [0.25, 0.3) is 0 Å². The maximum atomic E-state index is 11.8. The predicted molar refractivity (Wildman–Crippen MR) is 68.3 cm³/mol. The van der Waals surface area contributed by atoms with Gasteiger partial charge in [-0.1, -0.05) is 26.3 Å². The Morgan fingerprint density at radius 2 is 2.29 bits per heavy atom. The predicted octanol–water partition coefficient (Wildman–Crippen LogP) is 1.38. The molecular formula is C13H21N3O. The molecule has 0 aliphatic carbocycles. The summed E-state index contributed by atoms with van der Waals surface area (Å²) in [4.78, 5) is 16.0. The summed E-state index contributed by atoms with van der Waals surface area (Å²) in [6.07, 6.45) is 2.63. The molecule has 2 atom stereocenters. The van der Waals surface area contributed by atoms with E-state index in [4.69, 9.17) is 5.73 Å². The molecule has 0 unspecified atom stereocenters. The van der Waals surface area contributed by atoms with E-state index in [9.17, 15) is 4.79 Å². The molecule has 1 aromatic rings. The number of aryl methyl sites for hydroxylation is 1. The first kappa shape index (κ1) is 13.6. The molecule has 0 saturated heterocycles. The molecule has 0 bridgehead atoms. The Bertz CT molecular complexity index is 379. The lowest BCUT2D eigenvalue weighted by Crippen LogP contribution is -2.44. The second kappa shape index (κ2) is 6.35. The van der Waals surface area contributed by atoms with Crippen molar-refractivity contribution in [1.82, 2.24) is 10.3 Å². The average Bonchev–Trinajstić information content (AvgIpc) is 2.35. The summed E-state index contributed by atoms with van der Waals surface area (Å²) in [7, 11) is 0. The smallest absolute Gasteiger partial charge is 0.237 e. The van der Waals surface area contributed by atoms with Crippen LogP contribution in [0.1, 0.15) is 31.5 Å². The molecule has 4 nitrogen and oxygen atoms in total. The van der Waals surface area contributed by atoms with Crippen LogP contribution in [0, 0.1) is 12.8 Å². The number of hydrogen-bond acceptors (Lipinski definition) is 3. The first-order valence-electron chi connectivity index (χ1n) is 6.00. The maximum Gasteiger partial charge on any atom is 0.237 e. The van der Waals surface area contributed by atoms with Crippen molar-refractivity contribution in [1.29, 1.82) is 0 Å². The third kappa shape index (κ3) is 3.82. The number of aromatic nitrogens is 1. The molecule has 94 valence electrons. The monoisotopic (exact) mass is 235 g/mol. The number of hydrogen-bond donors (Lipinski definition) is 2. The third-order valence-electron chi connectivity index (χ3n) is 3.11. The van der Waals surface area contributed by atoms with Crippen molar-refractivity contribution in [3.8, 4) is 0 Å². The Kier molecular flexibility index (Phi) is 5.10. The molecule has 0 aliphatic rings. The molecule has 1 aromatic heterocycles. The Hall–Kier alpha value is -1.42. The van der Waals surface area contributed by atoms with Crippen LogP contribution < -0.4 is 11.1 Å². The van der Waals surface area contributed by atoms with Crippen LogP contribution in [0.4, 0.5) is 0 Å². The Morgan fingerprint density at radius 3 is 2.88 bits per heavy atom. The van der Waals surface area contributed by atoms with Gasteiger partial charge < -0.3 is 11.1 Å². The van der Waals surface area contributed by atoms with Gasteiger partial charge in [0.15, 0.2) is 0 Å². The Morgan fingerprint density at radius 1 is 1.59 bits per heavy atom. The molecular weight excluding hydrogens is 214 g/mol. The summed E-state index contributed by atoms with van der Waals surface area (Å²) in [5.74, 6) is 0.0873. The van der Waals surface area contributed by atoms with Crippen LogP contribution in [0.15, 0.2) is 18.3 Å². The van der Waals surface area contributed by atoms with E-state index in [1.54, 1.807) is 6.20 Å². The second-order valence-corrected chi connectivity index (χ2v) is 4.40. The van der Waals surface area contributed by atoms with Crippen LogP contribution in [-0.4, -0.2) is 16.9 Å². The summed E-state index contributed by atoms with van der Waals surface area (Å²) in [5, 5.41) is 2.83. The lowest BCUT2D eigenvalue weighted by atomic mass is 9.99. The van der Waals surface area contributed by atoms with E-state index in [0.29, 0.717) is 6.54 Å². The number of nitrogens with two attached hydrogens (primary N) is 1. The number of rotatable bonds is 5. The average molecular weight is 235 g/mol. The van der Waals surface area contributed by atoms with Crippen LogP contribution in [0.2, 0.25) is 0 Å². The molecule has 0 aliphatic heterocycles. The lowest BCUT2D eigenvalue weighted by molar-refractivity contribution is -0.123. The van der Waals surface area contributed by atoms with Gasteiger partial charge in [0.1, 0.15) is 0 Å². The van der Waals surface area contributed by atoms with Gasteiger partial charge in [-0.3, -0.25) is 9.78 Å². The Labute approximate surface area is 103 Å². The molecule has 1 rings (SSSR count). The van der Waals surface area contributed by atoms with Crippen molar-refractivity contribution in [3.05, 3.63) is 29.6 Å². The fraction of sp³-hybridized carbons (Fsp3) is 0.538. The molecule has 0 spiro atoms. The van der Waals surface area contributed by atoms with Crippen LogP contribution in [-0.2, 0) is 11.3 Å². The first-order valence-corrected chi connectivity index (χ1v) is 6.00. The molecule has 0 aromatic carbocycles. The summed E-state index contributed by atoms with van der Waals surface area (Å²) in [6, 6.07) is 3.42. The first-order chi connectivity index (χ1) is 8.06. The van der Waals surface area contributed by atoms with E-state index in [1.165, 1.54) is 0 Å². The molecule has 0 fully saturated rings. The fourth-order valence-electron chi connectivity index (χ4n) is 1.50. The molecule has 17 heavy (non-hydrogen) atoms. The highest BCUT2D eigenvalue weighted by Gasteiger charge is 2.19. The van der Waals surface area contributed by atoms with Crippen molar-refractivity contribution in [3.63, 3.8) is 0 Å². The molecule has 4 heteroatoms. The van der Waals surface area contributed by atoms with Crippen LogP contribution in [0.3, 0.4) is 0 Å². The van der Waals surface area contributed by atoms with Crippen molar-refractivity contribution in [2.24, 2.45) is 11.7 Å². The van der Waals surface area contributed by atoms with Gasteiger partial charge in [0.2, 0.25) is 5.91 Å². The van der Waals surface area contributed by atoms with Crippen LogP contribution >= 0.6 is 0 Å². The van der Waals surface area contributed by atoms with Gasteiger partial charge in [-0.2, -0.15) is 0 Å². The zero-order valence-corrected chi connectivity index (χ0v) is 10.7. The van der Waals surface area contributed by atoms with Crippen molar-refractivity contribution in [2.75, 3.05) is 0 Å². The molecule has 0 saturated carbocycles. The quantitative estimate of drug-likeness (QED) is 0.810. The van der Waals surface area contributed by atoms with Crippen molar-refractivity contribution < 1.29 is 4.79 Å². The minimum absolute atomic E-state index is 0.107. The zero-order valence-electron chi connectivity index (χ0n) is 10.7. The number of carbonyl (C=O) groups is 1. The SMILES string of the molecule is CC[C@H](C)[C@H](N)C(=O)NCc1ncccc1C. The minimum atomic E-state index is -0.441. The largest absolute Gasteiger partial charge is 0.349 e. The highest BCUT2D eigenvalue weighted by molar-refractivity contribution is 5.81. The summed E-state index contributed by atoms with van der Waals surface area (Å²) in [5.41, 5.74) is 7.80.